The average molecular weight is 879 g/mol. The number of anilines is 2. The van der Waals surface area contributed by atoms with E-state index in [1.54, 1.807) is 28.1 Å². The number of nitrogens with zero attached hydrogens (tertiary/aromatic N) is 4. The predicted octanol–water partition coefficient (Wildman–Crippen LogP) is 7.65. The van der Waals surface area contributed by atoms with Crippen LogP contribution in [0.3, 0.4) is 0 Å². The Morgan fingerprint density at radius 2 is 1.22 bits per heavy atom. The van der Waals surface area contributed by atoms with E-state index in [1.807, 2.05) is 52.0 Å². The molecule has 1 aromatic heterocycles. The predicted molar refractivity (Wildman–Crippen MR) is 239 cm³/mol. The lowest BCUT2D eigenvalue weighted by Crippen LogP contribution is -2.54. The number of alkyl carbamates (subject to hydrolysis) is 2. The molecule has 3 saturated heterocycles. The summed E-state index contributed by atoms with van der Waals surface area (Å²) in [5, 5.41) is 8.32. The monoisotopic (exact) mass is 878 g/mol. The van der Waals surface area contributed by atoms with Crippen LogP contribution in [0.15, 0.2) is 79.0 Å². The van der Waals surface area contributed by atoms with Gasteiger partial charge in [0.1, 0.15) is 29.8 Å². The highest BCUT2D eigenvalue weighted by molar-refractivity contribution is 5.98. The first-order chi connectivity index (χ1) is 30.8. The van der Waals surface area contributed by atoms with Crippen molar-refractivity contribution in [1.29, 1.82) is 0 Å². The van der Waals surface area contributed by atoms with E-state index < -0.39 is 30.3 Å². The van der Waals surface area contributed by atoms with Crippen molar-refractivity contribution < 1.29 is 37.8 Å². The number of hydrogen-bond donors (Lipinski definition) is 4. The van der Waals surface area contributed by atoms with Gasteiger partial charge in [-0.15, -0.1) is 0 Å². The normalized spacial score (nSPS) is 20.6. The fourth-order valence-electron chi connectivity index (χ4n) is 9.36. The molecule has 3 fully saturated rings. The fraction of sp³-hybridized carbons (Fsp3) is 0.458. The van der Waals surface area contributed by atoms with Gasteiger partial charge in [-0.3, -0.25) is 14.4 Å². The highest BCUT2D eigenvalue weighted by atomic mass is 19.1. The standard InChI is InChI=1S/C48H59FN8O7/c1-28(2)41(53-47(61)63-5)45(59)55-25-7-9-39(55)43-50-27-36(52-43)30-11-13-31(14-12-30)37-23-24-38(57(37)35-21-17-33(49)18-22-35)32-15-19-34(20-16-32)51-44(58)40-10-8-26-56(40)46(60)42(29(3)4)54-48(62)64-6/h11-22,27-29,37-42H,7-10,23-26H2,1-6H3,(H,50,52)(H,51,58)(H,53,61)(H,54,62)/t37-,38-,39+,40+,41+,42+/m1/s1. The Morgan fingerprint density at radius 3 is 1.78 bits per heavy atom. The number of hydrogen-bond acceptors (Lipinski definition) is 9. The molecule has 3 aliphatic heterocycles. The van der Waals surface area contributed by atoms with Crippen molar-refractivity contribution in [3.05, 3.63) is 102 Å². The van der Waals surface area contributed by atoms with Gasteiger partial charge in [-0.1, -0.05) is 64.1 Å². The van der Waals surface area contributed by atoms with E-state index in [0.29, 0.717) is 37.4 Å². The van der Waals surface area contributed by atoms with Gasteiger partial charge in [-0.2, -0.15) is 0 Å². The second-order valence-electron chi connectivity index (χ2n) is 17.5. The van der Waals surface area contributed by atoms with E-state index in [0.717, 1.165) is 53.8 Å². The molecular weight excluding hydrogens is 820 g/mol. The van der Waals surface area contributed by atoms with Gasteiger partial charge in [0.2, 0.25) is 17.7 Å². The van der Waals surface area contributed by atoms with Crippen LogP contribution in [-0.2, 0) is 23.9 Å². The Bertz CT molecular complexity index is 2280. The van der Waals surface area contributed by atoms with Crippen LogP contribution in [0.25, 0.3) is 11.3 Å². The molecule has 3 aliphatic rings. The number of likely N-dealkylation sites (tertiary alicyclic amines) is 2. The van der Waals surface area contributed by atoms with Crippen molar-refractivity contribution >= 4 is 41.3 Å². The van der Waals surface area contributed by atoms with Crippen molar-refractivity contribution in [3.63, 3.8) is 0 Å². The lowest BCUT2D eigenvalue weighted by Gasteiger charge is -2.33. The van der Waals surface area contributed by atoms with Crippen molar-refractivity contribution in [2.45, 2.75) is 102 Å². The molecule has 340 valence electrons. The highest BCUT2D eigenvalue weighted by Crippen LogP contribution is 2.47. The number of aromatic nitrogens is 2. The third kappa shape index (κ3) is 9.85. The molecule has 0 unspecified atom stereocenters. The highest BCUT2D eigenvalue weighted by Gasteiger charge is 2.40. The van der Waals surface area contributed by atoms with Gasteiger partial charge in [-0.05, 0) is 103 Å². The van der Waals surface area contributed by atoms with E-state index in [4.69, 9.17) is 14.5 Å². The number of imidazole rings is 1. The maximum atomic E-state index is 14.2. The van der Waals surface area contributed by atoms with Crippen LogP contribution < -0.4 is 20.9 Å². The van der Waals surface area contributed by atoms with Gasteiger partial charge < -0.3 is 45.1 Å². The maximum Gasteiger partial charge on any atom is 0.407 e. The zero-order valence-electron chi connectivity index (χ0n) is 37.3. The minimum Gasteiger partial charge on any atom is -0.453 e. The summed E-state index contributed by atoms with van der Waals surface area (Å²) in [6, 6.07) is 20.1. The summed E-state index contributed by atoms with van der Waals surface area (Å²) < 4.78 is 23.7. The molecule has 5 amide bonds. The molecular formula is C48H59FN8O7. The van der Waals surface area contributed by atoms with Crippen LogP contribution in [0.1, 0.15) is 101 Å². The topological polar surface area (TPSA) is 178 Å². The molecule has 4 N–H and O–H groups in total. The zero-order valence-corrected chi connectivity index (χ0v) is 37.3. The van der Waals surface area contributed by atoms with Crippen molar-refractivity contribution in [3.8, 4) is 11.3 Å². The summed E-state index contributed by atoms with van der Waals surface area (Å²) in [5.41, 5.74) is 5.39. The van der Waals surface area contributed by atoms with Crippen LogP contribution in [0.2, 0.25) is 0 Å². The largest absolute Gasteiger partial charge is 0.453 e. The maximum absolute atomic E-state index is 14.2. The second-order valence-corrected chi connectivity index (χ2v) is 17.5. The number of amides is 5. The number of benzene rings is 3. The summed E-state index contributed by atoms with van der Waals surface area (Å²) in [4.78, 5) is 78.7. The Kier molecular flexibility index (Phi) is 14.2. The number of halogens is 1. The summed E-state index contributed by atoms with van der Waals surface area (Å²) in [7, 11) is 2.52. The number of carbonyl (C=O) groups excluding carboxylic acids is 5. The van der Waals surface area contributed by atoms with E-state index in [1.165, 1.54) is 26.4 Å². The SMILES string of the molecule is COC(=O)N[C@H](C(=O)N1CCC[C@H]1C(=O)Nc1ccc([C@H]2CC[C@H](c3ccc(-c4cnc([C@@H]5CCCN5C(=O)[C@@H](NC(=O)OC)C(C)C)[nH]4)cc3)N2c2ccc(F)cc2)cc1)C(C)C. The molecule has 15 nitrogen and oxygen atoms in total. The summed E-state index contributed by atoms with van der Waals surface area (Å²) in [6.45, 7) is 8.42. The van der Waals surface area contributed by atoms with E-state index in [9.17, 15) is 28.4 Å². The van der Waals surface area contributed by atoms with Gasteiger partial charge in [-0.25, -0.2) is 19.0 Å². The van der Waals surface area contributed by atoms with Crippen molar-refractivity contribution in [2.75, 3.05) is 37.5 Å². The zero-order chi connectivity index (χ0) is 45.7. The van der Waals surface area contributed by atoms with Gasteiger partial charge in [0.15, 0.2) is 0 Å². The average Bonchev–Trinajstić information content (AvgIpc) is 4.14. The van der Waals surface area contributed by atoms with Crippen molar-refractivity contribution in [2.24, 2.45) is 11.8 Å². The van der Waals surface area contributed by atoms with Crippen LogP contribution in [0.4, 0.5) is 25.4 Å². The first-order valence-corrected chi connectivity index (χ1v) is 22.2. The smallest absolute Gasteiger partial charge is 0.407 e. The molecule has 7 rings (SSSR count). The molecule has 0 bridgehead atoms. The molecule has 0 aliphatic carbocycles. The van der Waals surface area contributed by atoms with Crippen LogP contribution in [0.5, 0.6) is 0 Å². The van der Waals surface area contributed by atoms with E-state index in [-0.39, 0.29) is 53.5 Å². The van der Waals surface area contributed by atoms with E-state index in [2.05, 4.69) is 50.1 Å². The molecule has 0 radical (unpaired) electrons. The molecule has 4 aromatic rings. The van der Waals surface area contributed by atoms with Gasteiger partial charge >= 0.3 is 12.2 Å². The number of carbonyl (C=O) groups is 5. The number of aromatic amines is 1. The minimum atomic E-state index is -0.821. The lowest BCUT2D eigenvalue weighted by molar-refractivity contribution is -0.139. The fourth-order valence-corrected chi connectivity index (χ4v) is 9.36. The second kappa shape index (κ2) is 19.9. The number of rotatable bonds is 13. The molecule has 16 heteroatoms. The number of H-pyrrole nitrogens is 1. The number of ether oxygens (including phenoxy) is 2. The first-order valence-electron chi connectivity index (χ1n) is 22.2. The molecule has 6 atom stereocenters. The Hall–Kier alpha value is -6.45. The van der Waals surface area contributed by atoms with Crippen molar-refractivity contribution in [1.82, 2.24) is 30.4 Å². The third-order valence-electron chi connectivity index (χ3n) is 12.7. The molecule has 4 heterocycles. The number of nitrogens with one attached hydrogen (secondary N) is 4. The lowest BCUT2D eigenvalue weighted by atomic mass is 10.0. The van der Waals surface area contributed by atoms with Crippen LogP contribution in [0, 0.1) is 17.7 Å². The van der Waals surface area contributed by atoms with Gasteiger partial charge in [0.05, 0.1) is 44.2 Å². The number of methoxy groups -OCH3 is 2. The first kappa shape index (κ1) is 45.6. The third-order valence-corrected chi connectivity index (χ3v) is 12.7. The molecule has 3 aromatic carbocycles. The Morgan fingerprint density at radius 1 is 0.688 bits per heavy atom. The Balaban J connectivity index is 1.05. The van der Waals surface area contributed by atoms with E-state index >= 15 is 0 Å². The summed E-state index contributed by atoms with van der Waals surface area (Å²) in [6.07, 6.45) is 4.87. The minimum absolute atomic E-state index is 0.0130. The van der Waals surface area contributed by atoms with Crippen LogP contribution in [-0.4, -0.2) is 95.1 Å². The molecule has 64 heavy (non-hydrogen) atoms. The molecule has 0 saturated carbocycles. The summed E-state index contributed by atoms with van der Waals surface area (Å²) in [5.74, 6) is -0.733. The van der Waals surface area contributed by atoms with Gasteiger partial charge in [0.25, 0.3) is 0 Å². The molecule has 0 spiro atoms. The quantitative estimate of drug-likeness (QED) is 0.105. The van der Waals surface area contributed by atoms with Gasteiger partial charge in [0, 0.05) is 24.5 Å². The van der Waals surface area contributed by atoms with Crippen LogP contribution >= 0.6 is 0 Å². The Labute approximate surface area is 373 Å². The summed E-state index contributed by atoms with van der Waals surface area (Å²) >= 11 is 0.